The summed E-state index contributed by atoms with van der Waals surface area (Å²) in [5.74, 6) is 0. The second-order valence-electron chi connectivity index (χ2n) is 4.67. The summed E-state index contributed by atoms with van der Waals surface area (Å²) in [5.41, 5.74) is 4.61. The highest BCUT2D eigenvalue weighted by molar-refractivity contribution is 5.32. The van der Waals surface area contributed by atoms with Gasteiger partial charge in [0.25, 0.3) is 0 Å². The number of nitrogens with zero attached hydrogens (tertiary/aromatic N) is 1. The monoisotopic (exact) mass is 250 g/mol. The number of aryl methyl sites for hydroxylation is 1. The van der Waals surface area contributed by atoms with Gasteiger partial charge in [-0.05, 0) is 48.7 Å². The lowest BCUT2D eigenvalue weighted by atomic mass is 10.1. The van der Waals surface area contributed by atoms with Gasteiger partial charge in [-0.2, -0.15) is 5.26 Å². The van der Waals surface area contributed by atoms with Crippen LogP contribution in [0.1, 0.15) is 22.3 Å². The molecule has 2 aromatic carbocycles. The molecule has 0 saturated heterocycles. The second-order valence-corrected chi connectivity index (χ2v) is 4.67. The molecule has 0 saturated carbocycles. The van der Waals surface area contributed by atoms with Crippen LogP contribution in [0.5, 0.6) is 0 Å². The number of benzene rings is 2. The number of nitrogens with one attached hydrogen (secondary N) is 1. The molecular weight excluding hydrogens is 232 g/mol. The van der Waals surface area contributed by atoms with Gasteiger partial charge >= 0.3 is 0 Å². The summed E-state index contributed by atoms with van der Waals surface area (Å²) in [7, 11) is 0. The van der Waals surface area contributed by atoms with Crippen molar-refractivity contribution in [1.29, 1.82) is 5.26 Å². The lowest BCUT2D eigenvalue weighted by Gasteiger charge is -2.07. The van der Waals surface area contributed by atoms with E-state index in [-0.39, 0.29) is 0 Å². The standard InChI is InChI=1S/C17H18N2/c1-14-5-2-3-8-17(14)9-10-19-13-16-7-4-6-15(11-16)12-18/h2-8,11,19H,9-10,13H2,1H3. The van der Waals surface area contributed by atoms with Crippen LogP contribution in [0, 0.1) is 18.3 Å². The van der Waals surface area contributed by atoms with E-state index >= 15 is 0 Å². The molecule has 0 aliphatic heterocycles. The van der Waals surface area contributed by atoms with Gasteiger partial charge < -0.3 is 5.32 Å². The van der Waals surface area contributed by atoms with E-state index in [1.54, 1.807) is 0 Å². The number of rotatable bonds is 5. The number of nitriles is 1. The van der Waals surface area contributed by atoms with Gasteiger partial charge in [-0.3, -0.25) is 0 Å². The molecule has 0 fully saturated rings. The summed E-state index contributed by atoms with van der Waals surface area (Å²) in [6, 6.07) is 18.4. The van der Waals surface area contributed by atoms with Crippen molar-refractivity contribution in [2.24, 2.45) is 0 Å². The van der Waals surface area contributed by atoms with Crippen molar-refractivity contribution in [3.05, 3.63) is 70.8 Å². The Labute approximate surface area is 114 Å². The summed E-state index contributed by atoms with van der Waals surface area (Å²) < 4.78 is 0. The van der Waals surface area contributed by atoms with Gasteiger partial charge in [0, 0.05) is 6.54 Å². The lowest BCUT2D eigenvalue weighted by molar-refractivity contribution is 0.685. The fraction of sp³-hybridized carbons (Fsp3) is 0.235. The first kappa shape index (κ1) is 13.3. The Hall–Kier alpha value is -2.11. The maximum atomic E-state index is 8.84. The van der Waals surface area contributed by atoms with Crippen LogP contribution in [0.15, 0.2) is 48.5 Å². The molecule has 0 radical (unpaired) electrons. The van der Waals surface area contributed by atoms with Crippen molar-refractivity contribution in [2.45, 2.75) is 19.9 Å². The molecule has 0 aromatic heterocycles. The third-order valence-corrected chi connectivity index (χ3v) is 3.22. The zero-order valence-corrected chi connectivity index (χ0v) is 11.2. The van der Waals surface area contributed by atoms with Crippen LogP contribution >= 0.6 is 0 Å². The largest absolute Gasteiger partial charge is 0.312 e. The van der Waals surface area contributed by atoms with Crippen LogP contribution < -0.4 is 5.32 Å². The van der Waals surface area contributed by atoms with Crippen LogP contribution in [0.4, 0.5) is 0 Å². The minimum absolute atomic E-state index is 0.721. The van der Waals surface area contributed by atoms with Gasteiger partial charge in [0.15, 0.2) is 0 Å². The van der Waals surface area contributed by atoms with E-state index in [1.807, 2.05) is 24.3 Å². The molecule has 2 nitrogen and oxygen atoms in total. The fourth-order valence-electron chi connectivity index (χ4n) is 2.10. The zero-order valence-electron chi connectivity index (χ0n) is 11.2. The maximum absolute atomic E-state index is 8.84. The number of hydrogen-bond acceptors (Lipinski definition) is 2. The normalized spacial score (nSPS) is 10.1. The van der Waals surface area contributed by atoms with Crippen molar-refractivity contribution in [1.82, 2.24) is 5.32 Å². The second kappa shape index (κ2) is 6.72. The summed E-state index contributed by atoms with van der Waals surface area (Å²) in [6.07, 6.45) is 1.03. The summed E-state index contributed by atoms with van der Waals surface area (Å²) in [6.45, 7) is 3.90. The Morgan fingerprint density at radius 2 is 1.95 bits per heavy atom. The molecule has 2 rings (SSSR count). The summed E-state index contributed by atoms with van der Waals surface area (Å²) >= 11 is 0. The number of hydrogen-bond donors (Lipinski definition) is 1. The average Bonchev–Trinajstić information content (AvgIpc) is 2.45. The van der Waals surface area contributed by atoms with Crippen LogP contribution in [0.25, 0.3) is 0 Å². The van der Waals surface area contributed by atoms with Gasteiger partial charge in [0.1, 0.15) is 0 Å². The van der Waals surface area contributed by atoms with E-state index in [0.29, 0.717) is 0 Å². The van der Waals surface area contributed by atoms with E-state index in [4.69, 9.17) is 5.26 Å². The molecule has 0 amide bonds. The molecule has 1 N–H and O–H groups in total. The van der Waals surface area contributed by atoms with Gasteiger partial charge in [-0.25, -0.2) is 0 Å². The quantitative estimate of drug-likeness (QED) is 0.827. The highest BCUT2D eigenvalue weighted by atomic mass is 14.8. The van der Waals surface area contributed by atoms with Crippen LogP contribution in [-0.2, 0) is 13.0 Å². The highest BCUT2D eigenvalue weighted by Crippen LogP contribution is 2.07. The van der Waals surface area contributed by atoms with Crippen molar-refractivity contribution in [3.63, 3.8) is 0 Å². The maximum Gasteiger partial charge on any atom is 0.0991 e. The minimum Gasteiger partial charge on any atom is -0.312 e. The third-order valence-electron chi connectivity index (χ3n) is 3.22. The topological polar surface area (TPSA) is 35.8 Å². The molecular formula is C17H18N2. The smallest absolute Gasteiger partial charge is 0.0991 e. The Morgan fingerprint density at radius 1 is 1.11 bits per heavy atom. The van der Waals surface area contributed by atoms with Crippen LogP contribution in [-0.4, -0.2) is 6.54 Å². The molecule has 0 spiro atoms. The Kier molecular flexibility index (Phi) is 4.72. The van der Waals surface area contributed by atoms with Gasteiger partial charge in [0.2, 0.25) is 0 Å². The molecule has 0 atom stereocenters. The molecule has 0 aliphatic carbocycles. The van der Waals surface area contributed by atoms with E-state index in [2.05, 4.69) is 42.6 Å². The molecule has 19 heavy (non-hydrogen) atoms. The average molecular weight is 250 g/mol. The third kappa shape index (κ3) is 3.94. The molecule has 0 bridgehead atoms. The predicted octanol–water partition coefficient (Wildman–Crippen LogP) is 3.20. The molecule has 0 aliphatic rings. The zero-order chi connectivity index (χ0) is 13.5. The Bertz CT molecular complexity index is 582. The minimum atomic E-state index is 0.721. The SMILES string of the molecule is Cc1ccccc1CCNCc1cccc(C#N)c1. The van der Waals surface area contributed by atoms with Crippen LogP contribution in [0.3, 0.4) is 0 Å². The first-order chi connectivity index (χ1) is 9.29. The summed E-state index contributed by atoms with van der Waals surface area (Å²) in [5, 5.41) is 12.3. The first-order valence-corrected chi connectivity index (χ1v) is 6.54. The molecule has 2 aromatic rings. The molecule has 0 unspecified atom stereocenters. The van der Waals surface area contributed by atoms with Crippen molar-refractivity contribution in [3.8, 4) is 6.07 Å². The van der Waals surface area contributed by atoms with Crippen molar-refractivity contribution >= 4 is 0 Å². The Balaban J connectivity index is 1.81. The molecule has 0 heterocycles. The van der Waals surface area contributed by atoms with E-state index in [1.165, 1.54) is 11.1 Å². The molecule has 2 heteroatoms. The van der Waals surface area contributed by atoms with Gasteiger partial charge in [-0.1, -0.05) is 36.4 Å². The van der Waals surface area contributed by atoms with Crippen molar-refractivity contribution in [2.75, 3.05) is 6.54 Å². The molecule has 96 valence electrons. The summed E-state index contributed by atoms with van der Waals surface area (Å²) in [4.78, 5) is 0. The van der Waals surface area contributed by atoms with Gasteiger partial charge in [0.05, 0.1) is 11.6 Å². The predicted molar refractivity (Wildman–Crippen MR) is 77.7 cm³/mol. The fourth-order valence-corrected chi connectivity index (χ4v) is 2.10. The Morgan fingerprint density at radius 3 is 2.74 bits per heavy atom. The van der Waals surface area contributed by atoms with E-state index in [0.717, 1.165) is 30.6 Å². The van der Waals surface area contributed by atoms with E-state index < -0.39 is 0 Å². The van der Waals surface area contributed by atoms with Crippen molar-refractivity contribution < 1.29 is 0 Å². The highest BCUT2D eigenvalue weighted by Gasteiger charge is 1.98. The van der Waals surface area contributed by atoms with E-state index in [9.17, 15) is 0 Å². The van der Waals surface area contributed by atoms with Crippen LogP contribution in [0.2, 0.25) is 0 Å². The van der Waals surface area contributed by atoms with Gasteiger partial charge in [-0.15, -0.1) is 0 Å². The lowest BCUT2D eigenvalue weighted by Crippen LogP contribution is -2.17. The first-order valence-electron chi connectivity index (χ1n) is 6.54.